The first-order chi connectivity index (χ1) is 6.66. The first-order valence-electron chi connectivity index (χ1n) is 4.56. The number of hydrogen-bond acceptors (Lipinski definition) is 2. The van der Waals surface area contributed by atoms with Crippen molar-refractivity contribution < 1.29 is 0 Å². The molecule has 5 heteroatoms. The fourth-order valence-electron chi connectivity index (χ4n) is 1.35. The van der Waals surface area contributed by atoms with E-state index in [2.05, 4.69) is 0 Å². The monoisotopic (exact) mass is 268 g/mol. The van der Waals surface area contributed by atoms with Crippen molar-refractivity contribution in [2.24, 2.45) is 11.5 Å². The van der Waals surface area contributed by atoms with Crippen molar-refractivity contribution in [2.45, 2.75) is 18.9 Å². The van der Waals surface area contributed by atoms with Gasteiger partial charge in [0.1, 0.15) is 0 Å². The molecule has 0 saturated heterocycles. The third-order valence-electron chi connectivity index (χ3n) is 2.09. The van der Waals surface area contributed by atoms with E-state index in [4.69, 9.17) is 34.7 Å². The van der Waals surface area contributed by atoms with E-state index in [-0.39, 0.29) is 18.4 Å². The quantitative estimate of drug-likeness (QED) is 0.882. The summed E-state index contributed by atoms with van der Waals surface area (Å²) in [6.45, 7) is 0.635. The summed E-state index contributed by atoms with van der Waals surface area (Å²) in [5, 5.41) is 1.25. The lowest BCUT2D eigenvalue weighted by molar-refractivity contribution is 0.618. The summed E-state index contributed by atoms with van der Waals surface area (Å²) in [7, 11) is 0. The van der Waals surface area contributed by atoms with E-state index >= 15 is 0 Å². The van der Waals surface area contributed by atoms with Crippen LogP contribution in [0.15, 0.2) is 18.2 Å². The van der Waals surface area contributed by atoms with E-state index < -0.39 is 0 Å². The summed E-state index contributed by atoms with van der Waals surface area (Å²) in [6.07, 6.45) is 1.68. The molecule has 0 aliphatic carbocycles. The topological polar surface area (TPSA) is 52.0 Å². The Hall–Kier alpha value is 0.01000. The third-order valence-corrected chi connectivity index (χ3v) is 2.75. The summed E-state index contributed by atoms with van der Waals surface area (Å²) in [5.74, 6) is 0. The second kappa shape index (κ2) is 7.31. The summed E-state index contributed by atoms with van der Waals surface area (Å²) >= 11 is 12.0. The zero-order chi connectivity index (χ0) is 10.6. The second-order valence-corrected chi connectivity index (χ2v) is 3.99. The SMILES string of the molecule is Cl.NCCC[C@H](N)c1c(Cl)cccc1Cl. The molecule has 0 fully saturated rings. The maximum Gasteiger partial charge on any atom is 0.0468 e. The minimum atomic E-state index is -0.125. The van der Waals surface area contributed by atoms with E-state index in [1.54, 1.807) is 12.1 Å². The predicted molar refractivity (Wildman–Crippen MR) is 68.9 cm³/mol. The molecule has 4 N–H and O–H groups in total. The molecule has 0 saturated carbocycles. The van der Waals surface area contributed by atoms with Crippen LogP contribution >= 0.6 is 35.6 Å². The molecule has 1 aromatic rings. The van der Waals surface area contributed by atoms with Crippen molar-refractivity contribution in [3.05, 3.63) is 33.8 Å². The number of benzene rings is 1. The minimum Gasteiger partial charge on any atom is -0.330 e. The van der Waals surface area contributed by atoms with Crippen LogP contribution in [-0.2, 0) is 0 Å². The number of nitrogens with two attached hydrogens (primary N) is 2. The fourth-order valence-corrected chi connectivity index (χ4v) is 2.02. The number of rotatable bonds is 4. The first kappa shape index (κ1) is 15.0. The first-order valence-corrected chi connectivity index (χ1v) is 5.32. The van der Waals surface area contributed by atoms with Gasteiger partial charge < -0.3 is 11.5 Å². The molecule has 0 spiro atoms. The van der Waals surface area contributed by atoms with E-state index in [0.717, 1.165) is 18.4 Å². The Morgan fingerprint density at radius 3 is 2.20 bits per heavy atom. The Morgan fingerprint density at radius 2 is 1.73 bits per heavy atom. The highest BCUT2D eigenvalue weighted by Gasteiger charge is 2.12. The van der Waals surface area contributed by atoms with Crippen LogP contribution in [0.1, 0.15) is 24.4 Å². The number of hydrogen-bond donors (Lipinski definition) is 2. The van der Waals surface area contributed by atoms with Gasteiger partial charge in [0.25, 0.3) is 0 Å². The van der Waals surface area contributed by atoms with Crippen LogP contribution in [-0.4, -0.2) is 6.54 Å². The Bertz CT molecular complexity index is 284. The van der Waals surface area contributed by atoms with Crippen LogP contribution in [0.2, 0.25) is 10.0 Å². The van der Waals surface area contributed by atoms with Crippen LogP contribution in [0.25, 0.3) is 0 Å². The molecule has 0 bridgehead atoms. The van der Waals surface area contributed by atoms with E-state index in [1.807, 2.05) is 6.07 Å². The minimum absolute atomic E-state index is 0. The number of halogens is 3. The summed E-state index contributed by atoms with van der Waals surface area (Å²) < 4.78 is 0. The van der Waals surface area contributed by atoms with Crippen molar-refractivity contribution in [2.75, 3.05) is 6.54 Å². The van der Waals surface area contributed by atoms with Gasteiger partial charge >= 0.3 is 0 Å². The van der Waals surface area contributed by atoms with Gasteiger partial charge in [-0.15, -0.1) is 12.4 Å². The van der Waals surface area contributed by atoms with Gasteiger partial charge in [-0.1, -0.05) is 29.3 Å². The van der Waals surface area contributed by atoms with Crippen LogP contribution < -0.4 is 11.5 Å². The molecule has 0 unspecified atom stereocenters. The summed E-state index contributed by atoms with van der Waals surface area (Å²) in [4.78, 5) is 0. The third kappa shape index (κ3) is 4.17. The van der Waals surface area contributed by atoms with Gasteiger partial charge in [-0.2, -0.15) is 0 Å². The molecular weight excluding hydrogens is 254 g/mol. The van der Waals surface area contributed by atoms with Crippen molar-refractivity contribution in [3.8, 4) is 0 Å². The van der Waals surface area contributed by atoms with E-state index in [1.165, 1.54) is 0 Å². The molecule has 1 aromatic carbocycles. The fraction of sp³-hybridized carbons (Fsp3) is 0.400. The van der Waals surface area contributed by atoms with Crippen LogP contribution in [0.4, 0.5) is 0 Å². The average Bonchev–Trinajstić information content (AvgIpc) is 2.14. The maximum atomic E-state index is 6.01. The molecule has 0 amide bonds. The standard InChI is InChI=1S/C10H14Cl2N2.ClH/c11-7-3-1-4-8(12)10(7)9(14)5-2-6-13;/h1,3-4,9H,2,5-6,13-14H2;1H/t9-;/m0./s1. The molecule has 1 atom stereocenters. The van der Waals surface area contributed by atoms with Gasteiger partial charge in [0.15, 0.2) is 0 Å². The van der Waals surface area contributed by atoms with Crippen molar-refractivity contribution in [1.29, 1.82) is 0 Å². The Kier molecular flexibility index (Phi) is 7.32. The van der Waals surface area contributed by atoms with Crippen LogP contribution in [0.3, 0.4) is 0 Å². The molecule has 0 heterocycles. The van der Waals surface area contributed by atoms with Gasteiger partial charge in [0.05, 0.1) is 0 Å². The zero-order valence-electron chi connectivity index (χ0n) is 8.25. The van der Waals surface area contributed by atoms with E-state index in [0.29, 0.717) is 16.6 Å². The Morgan fingerprint density at radius 1 is 1.20 bits per heavy atom. The van der Waals surface area contributed by atoms with Crippen LogP contribution in [0, 0.1) is 0 Å². The lowest BCUT2D eigenvalue weighted by Crippen LogP contribution is -2.13. The van der Waals surface area contributed by atoms with Crippen molar-refractivity contribution >= 4 is 35.6 Å². The molecule has 1 rings (SSSR count). The summed E-state index contributed by atoms with van der Waals surface area (Å²) in [6, 6.07) is 5.28. The van der Waals surface area contributed by atoms with Gasteiger partial charge in [0.2, 0.25) is 0 Å². The zero-order valence-corrected chi connectivity index (χ0v) is 10.6. The average molecular weight is 270 g/mol. The van der Waals surface area contributed by atoms with Gasteiger partial charge in [-0.25, -0.2) is 0 Å². The highest BCUT2D eigenvalue weighted by Crippen LogP contribution is 2.30. The largest absolute Gasteiger partial charge is 0.330 e. The molecule has 0 aromatic heterocycles. The second-order valence-electron chi connectivity index (χ2n) is 3.17. The maximum absolute atomic E-state index is 6.01. The highest BCUT2D eigenvalue weighted by atomic mass is 35.5. The lowest BCUT2D eigenvalue weighted by Gasteiger charge is -2.14. The smallest absolute Gasteiger partial charge is 0.0468 e. The molecule has 2 nitrogen and oxygen atoms in total. The summed E-state index contributed by atoms with van der Waals surface area (Å²) in [5.41, 5.74) is 12.2. The molecule has 0 aliphatic heterocycles. The van der Waals surface area contributed by atoms with E-state index in [9.17, 15) is 0 Å². The predicted octanol–water partition coefficient (Wildman–Crippen LogP) is 3.15. The van der Waals surface area contributed by atoms with Gasteiger partial charge in [0, 0.05) is 21.7 Å². The van der Waals surface area contributed by atoms with Crippen LogP contribution in [0.5, 0.6) is 0 Å². The molecule has 15 heavy (non-hydrogen) atoms. The highest BCUT2D eigenvalue weighted by molar-refractivity contribution is 6.36. The molecule has 86 valence electrons. The van der Waals surface area contributed by atoms with Gasteiger partial charge in [-0.3, -0.25) is 0 Å². The Balaban J connectivity index is 0.00000196. The van der Waals surface area contributed by atoms with Crippen molar-refractivity contribution in [3.63, 3.8) is 0 Å². The lowest BCUT2D eigenvalue weighted by atomic mass is 10.0. The van der Waals surface area contributed by atoms with Gasteiger partial charge in [-0.05, 0) is 31.5 Å². The molecular formula is C10H15Cl3N2. The normalized spacial score (nSPS) is 12.0. The molecule has 0 radical (unpaired) electrons. The molecule has 0 aliphatic rings. The van der Waals surface area contributed by atoms with Crippen molar-refractivity contribution in [1.82, 2.24) is 0 Å². The Labute approximate surface area is 106 Å².